The van der Waals surface area contributed by atoms with E-state index in [1.54, 1.807) is 0 Å². The summed E-state index contributed by atoms with van der Waals surface area (Å²) in [5, 5.41) is 2.81. The number of rotatable bonds is 19. The summed E-state index contributed by atoms with van der Waals surface area (Å²) in [6.45, 7) is 12.7. The lowest BCUT2D eigenvalue weighted by molar-refractivity contribution is -0.140. The van der Waals surface area contributed by atoms with Gasteiger partial charge in [0.15, 0.2) is 5.78 Å². The smallest absolute Gasteiger partial charge is 0.334 e. The maximum Gasteiger partial charge on any atom is 0.334 e. The van der Waals surface area contributed by atoms with E-state index in [9.17, 15) is 28.8 Å². The highest BCUT2D eigenvalue weighted by Crippen LogP contribution is 2.51. The lowest BCUT2D eigenvalue weighted by atomic mass is 9.84. The quantitative estimate of drug-likeness (QED) is 0.0356. The minimum absolute atomic E-state index is 0.105. The van der Waals surface area contributed by atoms with E-state index in [4.69, 9.17) is 28.4 Å². The summed E-state index contributed by atoms with van der Waals surface area (Å²) in [6.07, 6.45) is 21.9. The maximum absolute atomic E-state index is 12.4. The van der Waals surface area contributed by atoms with E-state index in [0.717, 1.165) is 94.3 Å². The molecular formula is C48H63NO12. The molecule has 13 nitrogen and oxygen atoms in total. The Hall–Kier alpha value is -4.62. The molecule has 61 heavy (non-hydrogen) atoms. The Balaban J connectivity index is 0.750. The number of nitrogens with one attached hydrogen (secondary N) is 1. The number of carbonyl (C=O) groups excluding carboxylic acids is 6. The van der Waals surface area contributed by atoms with Crippen molar-refractivity contribution in [3.05, 3.63) is 71.9 Å². The van der Waals surface area contributed by atoms with Crippen molar-refractivity contribution in [2.75, 3.05) is 19.8 Å². The number of hydrogen-bond donors (Lipinski definition) is 1. The van der Waals surface area contributed by atoms with Crippen LogP contribution < -0.4 is 5.32 Å². The molecule has 6 aliphatic rings. The van der Waals surface area contributed by atoms with Crippen LogP contribution in [0.1, 0.15) is 123 Å². The molecule has 1 N–H and O–H groups in total. The third kappa shape index (κ3) is 12.7. The second-order valence-electron chi connectivity index (χ2n) is 17.8. The lowest BCUT2D eigenvalue weighted by Crippen LogP contribution is -2.29. The van der Waals surface area contributed by atoms with Crippen LogP contribution in [0, 0.1) is 11.8 Å². The largest absolute Gasteiger partial charge is 0.458 e. The second-order valence-corrected chi connectivity index (χ2v) is 17.8. The van der Waals surface area contributed by atoms with Crippen molar-refractivity contribution in [3.8, 4) is 0 Å². The molecule has 0 aromatic carbocycles. The van der Waals surface area contributed by atoms with E-state index in [2.05, 4.69) is 30.6 Å². The molecular weight excluding hydrogens is 783 g/mol. The Morgan fingerprint density at radius 1 is 0.689 bits per heavy atom. The van der Waals surface area contributed by atoms with Crippen molar-refractivity contribution in [2.45, 2.75) is 159 Å². The fourth-order valence-electron chi connectivity index (χ4n) is 9.07. The minimum atomic E-state index is -0.594. The van der Waals surface area contributed by atoms with Gasteiger partial charge >= 0.3 is 23.9 Å². The van der Waals surface area contributed by atoms with Gasteiger partial charge in [-0.1, -0.05) is 63.8 Å². The average molecular weight is 846 g/mol. The van der Waals surface area contributed by atoms with E-state index in [0.29, 0.717) is 49.8 Å². The van der Waals surface area contributed by atoms with E-state index in [1.807, 2.05) is 13.8 Å². The first-order valence-electron chi connectivity index (χ1n) is 22.3. The van der Waals surface area contributed by atoms with Crippen LogP contribution in [0.3, 0.4) is 0 Å². The number of ether oxygens (including phenoxy) is 6. The number of fused-ring (bicyclic) bond motifs is 6. The van der Waals surface area contributed by atoms with Crippen molar-refractivity contribution < 1.29 is 57.2 Å². The van der Waals surface area contributed by atoms with E-state index in [-0.39, 0.29) is 84.3 Å². The molecule has 0 saturated carbocycles. The first-order valence-corrected chi connectivity index (χ1v) is 22.3. The molecule has 332 valence electrons. The van der Waals surface area contributed by atoms with Gasteiger partial charge in [0.1, 0.15) is 37.6 Å². The Bertz CT molecular complexity index is 1710. The summed E-state index contributed by atoms with van der Waals surface area (Å²) in [7, 11) is 0. The van der Waals surface area contributed by atoms with Gasteiger partial charge in [0.25, 0.3) is 0 Å². The first-order chi connectivity index (χ1) is 29.3. The number of allylic oxidation sites excluding steroid dienone is 3. The van der Waals surface area contributed by atoms with E-state index < -0.39 is 11.9 Å². The summed E-state index contributed by atoms with van der Waals surface area (Å²) in [4.78, 5) is 73.7. The van der Waals surface area contributed by atoms with Gasteiger partial charge < -0.3 is 33.7 Å². The minimum Gasteiger partial charge on any atom is -0.458 e. The zero-order chi connectivity index (χ0) is 43.6. The first kappa shape index (κ1) is 45.9. The van der Waals surface area contributed by atoms with Crippen LogP contribution >= 0.6 is 0 Å². The summed E-state index contributed by atoms with van der Waals surface area (Å²) in [6, 6.07) is 0. The molecule has 8 atom stereocenters. The Morgan fingerprint density at radius 2 is 1.15 bits per heavy atom. The highest BCUT2D eigenvalue weighted by Gasteiger charge is 2.62. The van der Waals surface area contributed by atoms with E-state index in [1.165, 1.54) is 18.2 Å². The van der Waals surface area contributed by atoms with Crippen molar-refractivity contribution >= 4 is 35.6 Å². The number of ketones is 1. The van der Waals surface area contributed by atoms with Gasteiger partial charge in [0.05, 0.1) is 11.2 Å². The van der Waals surface area contributed by atoms with E-state index >= 15 is 0 Å². The molecule has 0 aromatic heterocycles. The predicted octanol–water partition coefficient (Wildman–Crippen LogP) is 6.89. The molecule has 4 saturated heterocycles. The Morgan fingerprint density at radius 3 is 1.66 bits per heavy atom. The number of carbonyl (C=O) groups is 6. The maximum atomic E-state index is 12.4. The number of amides is 1. The lowest BCUT2D eigenvalue weighted by Gasteiger charge is -2.20. The van der Waals surface area contributed by atoms with Gasteiger partial charge in [-0.3, -0.25) is 9.59 Å². The van der Waals surface area contributed by atoms with Crippen LogP contribution in [0.5, 0.6) is 0 Å². The zero-order valence-electron chi connectivity index (χ0n) is 35.9. The van der Waals surface area contributed by atoms with Gasteiger partial charge in [0.2, 0.25) is 5.91 Å². The Labute approximate surface area is 359 Å². The molecule has 0 spiro atoms. The summed E-state index contributed by atoms with van der Waals surface area (Å²) >= 11 is 0. The van der Waals surface area contributed by atoms with Gasteiger partial charge in [-0.15, -0.1) is 0 Å². The van der Waals surface area contributed by atoms with Gasteiger partial charge in [0, 0.05) is 54.2 Å². The molecule has 0 aromatic rings. The normalized spacial score (nSPS) is 32.5. The molecule has 4 heterocycles. The van der Waals surface area contributed by atoms with Gasteiger partial charge in [-0.2, -0.15) is 0 Å². The number of epoxide rings is 2. The standard InChI is InChI=1S/C48H63NO12/c1-31-36-21-18-33(15-13-26-47(3)43(60-47)41(36)58-45(31)54)29-56-39(52)24-20-35(50)17-11-9-7-5-6-8-10-12-28-49-38(51)23-25-40(53)57-30-34-16-14-27-48(4)44(61-48)42-37(22-19-34)32(2)46(55)59-42/h15-16,20,23-25,36-37,41-44H,1-2,5-14,17-19,21-22,26-30H2,3-4H3,(H,49,51)/b24-20+,25-23+,33-15+,34-16+/t36-,37-,41-,42-,43-,44-,47+,48+/m0/s1. The molecule has 2 aliphatic carbocycles. The molecule has 4 fully saturated rings. The van der Waals surface area contributed by atoms with Crippen LogP contribution in [-0.2, 0) is 57.2 Å². The van der Waals surface area contributed by atoms with Gasteiger partial charge in [-0.25, -0.2) is 19.2 Å². The second kappa shape index (κ2) is 21.0. The summed E-state index contributed by atoms with van der Waals surface area (Å²) < 4.78 is 34.0. The van der Waals surface area contributed by atoms with Crippen molar-refractivity contribution in [1.82, 2.24) is 5.32 Å². The summed E-state index contributed by atoms with van der Waals surface area (Å²) in [5.74, 6) is -2.59. The van der Waals surface area contributed by atoms with Gasteiger partial charge in [-0.05, 0) is 95.3 Å². The Kier molecular flexibility index (Phi) is 15.8. The molecule has 0 radical (unpaired) electrons. The highest BCUT2D eigenvalue weighted by atomic mass is 16.7. The third-order valence-electron chi connectivity index (χ3n) is 13.1. The van der Waals surface area contributed by atoms with Crippen LogP contribution in [-0.4, -0.2) is 90.9 Å². The third-order valence-corrected chi connectivity index (χ3v) is 13.1. The molecule has 0 bridgehead atoms. The average Bonchev–Trinajstić information content (AvgIpc) is 4.05. The van der Waals surface area contributed by atoms with Crippen molar-refractivity contribution in [1.29, 1.82) is 0 Å². The molecule has 4 aliphatic heterocycles. The molecule has 1 amide bonds. The molecule has 13 heteroatoms. The predicted molar refractivity (Wildman–Crippen MR) is 224 cm³/mol. The fourth-order valence-corrected chi connectivity index (χ4v) is 9.07. The monoisotopic (exact) mass is 845 g/mol. The van der Waals surface area contributed by atoms with Crippen LogP contribution in [0.2, 0.25) is 0 Å². The number of hydrogen-bond acceptors (Lipinski definition) is 12. The number of esters is 4. The molecule has 6 rings (SSSR count). The van der Waals surface area contributed by atoms with Crippen molar-refractivity contribution in [3.63, 3.8) is 0 Å². The van der Waals surface area contributed by atoms with Crippen LogP contribution in [0.15, 0.2) is 71.9 Å². The fraction of sp³-hybridized carbons (Fsp3) is 0.625. The highest BCUT2D eigenvalue weighted by molar-refractivity contribution is 5.96. The topological polar surface area (TPSA) is 176 Å². The van der Waals surface area contributed by atoms with Crippen molar-refractivity contribution in [2.24, 2.45) is 11.8 Å². The number of unbranched alkanes of at least 4 members (excludes halogenated alkanes) is 7. The zero-order valence-corrected chi connectivity index (χ0v) is 35.9. The summed E-state index contributed by atoms with van der Waals surface area (Å²) in [5.41, 5.74) is 2.20. The van der Waals surface area contributed by atoms with Crippen LogP contribution in [0.25, 0.3) is 0 Å². The molecule has 0 unspecified atom stereocenters. The SMILES string of the molecule is C=C1C(=O)O[C@H]2[C@H]1CC/C(COC(=O)/C=C/C(=O)CCCCCCCCCCNC(=O)/C=C/C(=O)OC/C1=C/CC[C@@]3(C)O[C@H]3[C@H]3OC(=O)C(=C)[C@@H]3CC1)=C\CC[C@@]1(C)O[C@@H]21. The van der Waals surface area contributed by atoms with Crippen LogP contribution in [0.4, 0.5) is 0 Å².